The number of aromatic nitrogens is 7. The molecule has 3 aromatic heterocycles. The standard InChI is InChI=1S/C16H15N7O2/c1-9-5-4-6-10(7-9)23-8-11(19-20-23)13-17-12-14(18-13)21(2)16(25)22(3)15(12)24/h4-8H,1-3H3,(H,17,18). The maximum absolute atomic E-state index is 12.2. The molecule has 9 heteroatoms. The van der Waals surface area contributed by atoms with Crippen molar-refractivity contribution in [3.63, 3.8) is 0 Å². The van der Waals surface area contributed by atoms with Crippen LogP contribution >= 0.6 is 0 Å². The Labute approximate surface area is 141 Å². The van der Waals surface area contributed by atoms with Gasteiger partial charge in [-0.15, -0.1) is 5.10 Å². The normalized spacial score (nSPS) is 11.3. The van der Waals surface area contributed by atoms with Crippen LogP contribution in [-0.4, -0.2) is 34.1 Å². The van der Waals surface area contributed by atoms with Gasteiger partial charge in [0.05, 0.1) is 11.9 Å². The van der Waals surface area contributed by atoms with Gasteiger partial charge < -0.3 is 4.98 Å². The van der Waals surface area contributed by atoms with Gasteiger partial charge in [0.25, 0.3) is 5.56 Å². The molecule has 0 saturated heterocycles. The summed E-state index contributed by atoms with van der Waals surface area (Å²) in [5.74, 6) is 0.382. The predicted molar refractivity (Wildman–Crippen MR) is 91.7 cm³/mol. The highest BCUT2D eigenvalue weighted by Gasteiger charge is 2.16. The SMILES string of the molecule is Cc1cccc(-n2cc(-c3nc4c([nH]3)c(=O)n(C)c(=O)n4C)nn2)c1. The summed E-state index contributed by atoms with van der Waals surface area (Å²) in [6, 6.07) is 7.84. The van der Waals surface area contributed by atoms with Gasteiger partial charge in [-0.3, -0.25) is 13.9 Å². The lowest BCUT2D eigenvalue weighted by atomic mass is 10.2. The number of aromatic amines is 1. The number of hydrogen-bond donors (Lipinski definition) is 1. The zero-order valence-electron chi connectivity index (χ0n) is 13.9. The topological polar surface area (TPSA) is 103 Å². The van der Waals surface area contributed by atoms with Gasteiger partial charge in [0.15, 0.2) is 11.5 Å². The Morgan fingerprint density at radius 3 is 2.68 bits per heavy atom. The summed E-state index contributed by atoms with van der Waals surface area (Å²) in [5.41, 5.74) is 2.14. The summed E-state index contributed by atoms with van der Waals surface area (Å²) < 4.78 is 3.99. The fourth-order valence-corrected chi connectivity index (χ4v) is 2.72. The van der Waals surface area contributed by atoms with E-state index in [0.29, 0.717) is 11.5 Å². The van der Waals surface area contributed by atoms with Crippen LogP contribution in [0.15, 0.2) is 40.1 Å². The second-order valence-corrected chi connectivity index (χ2v) is 5.88. The zero-order chi connectivity index (χ0) is 17.7. The molecular weight excluding hydrogens is 322 g/mol. The highest BCUT2D eigenvalue weighted by atomic mass is 16.2. The number of benzene rings is 1. The lowest BCUT2D eigenvalue weighted by Gasteiger charge is -2.00. The van der Waals surface area contributed by atoms with E-state index in [1.165, 1.54) is 11.6 Å². The second kappa shape index (κ2) is 5.26. The largest absolute Gasteiger partial charge is 0.332 e. The third kappa shape index (κ3) is 2.28. The maximum atomic E-state index is 12.2. The quantitative estimate of drug-likeness (QED) is 0.574. The molecule has 0 radical (unpaired) electrons. The molecule has 25 heavy (non-hydrogen) atoms. The van der Waals surface area contributed by atoms with E-state index in [-0.39, 0.29) is 11.2 Å². The third-order valence-corrected chi connectivity index (χ3v) is 4.10. The lowest BCUT2D eigenvalue weighted by Crippen LogP contribution is -2.36. The summed E-state index contributed by atoms with van der Waals surface area (Å²) in [6.45, 7) is 2.00. The molecule has 0 amide bonds. The van der Waals surface area contributed by atoms with Crippen LogP contribution in [0.5, 0.6) is 0 Å². The number of rotatable bonds is 2. The van der Waals surface area contributed by atoms with E-state index in [1.54, 1.807) is 17.9 Å². The Morgan fingerprint density at radius 1 is 1.12 bits per heavy atom. The van der Waals surface area contributed by atoms with Crippen molar-refractivity contribution in [2.24, 2.45) is 14.1 Å². The van der Waals surface area contributed by atoms with Crippen LogP contribution in [0.2, 0.25) is 0 Å². The van der Waals surface area contributed by atoms with Crippen LogP contribution in [0.25, 0.3) is 28.4 Å². The average Bonchev–Trinajstić information content (AvgIpc) is 3.25. The van der Waals surface area contributed by atoms with Crippen molar-refractivity contribution in [3.8, 4) is 17.2 Å². The molecule has 0 saturated carbocycles. The summed E-state index contributed by atoms with van der Waals surface area (Å²) in [6.07, 6.45) is 1.72. The Kier molecular flexibility index (Phi) is 3.17. The molecule has 1 aromatic carbocycles. The molecule has 4 rings (SSSR count). The average molecular weight is 337 g/mol. The first-order chi connectivity index (χ1) is 12.0. The first-order valence-corrected chi connectivity index (χ1v) is 7.61. The molecule has 0 bridgehead atoms. The van der Waals surface area contributed by atoms with Gasteiger partial charge in [0, 0.05) is 14.1 Å². The van der Waals surface area contributed by atoms with Crippen molar-refractivity contribution in [2.45, 2.75) is 6.92 Å². The van der Waals surface area contributed by atoms with Crippen LogP contribution in [0, 0.1) is 6.92 Å². The number of H-pyrrole nitrogens is 1. The van der Waals surface area contributed by atoms with Crippen molar-refractivity contribution in [1.82, 2.24) is 34.1 Å². The lowest BCUT2D eigenvalue weighted by molar-refractivity contribution is 0.709. The molecule has 0 aliphatic carbocycles. The zero-order valence-corrected chi connectivity index (χ0v) is 13.9. The summed E-state index contributed by atoms with van der Waals surface area (Å²) in [4.78, 5) is 31.6. The van der Waals surface area contributed by atoms with E-state index in [2.05, 4.69) is 20.3 Å². The van der Waals surface area contributed by atoms with Crippen LogP contribution in [0.4, 0.5) is 0 Å². The molecule has 0 aliphatic rings. The minimum atomic E-state index is -0.432. The molecule has 4 aromatic rings. The number of fused-ring (bicyclic) bond motifs is 1. The molecule has 0 unspecified atom stereocenters. The Bertz CT molecular complexity index is 1230. The van der Waals surface area contributed by atoms with Gasteiger partial charge in [0.1, 0.15) is 11.2 Å². The molecule has 0 fully saturated rings. The Hall–Kier alpha value is -3.49. The highest BCUT2D eigenvalue weighted by Crippen LogP contribution is 2.17. The van der Waals surface area contributed by atoms with E-state index >= 15 is 0 Å². The van der Waals surface area contributed by atoms with Crippen LogP contribution in [0.3, 0.4) is 0 Å². The number of nitrogens with one attached hydrogen (secondary N) is 1. The minimum absolute atomic E-state index is 0.254. The van der Waals surface area contributed by atoms with Crippen LogP contribution in [-0.2, 0) is 14.1 Å². The molecule has 3 heterocycles. The maximum Gasteiger partial charge on any atom is 0.332 e. The van der Waals surface area contributed by atoms with Gasteiger partial charge >= 0.3 is 5.69 Å². The minimum Gasteiger partial charge on any atom is -0.331 e. The number of nitrogens with zero attached hydrogens (tertiary/aromatic N) is 6. The van der Waals surface area contributed by atoms with Crippen molar-refractivity contribution in [3.05, 3.63) is 56.9 Å². The number of hydrogen-bond acceptors (Lipinski definition) is 5. The number of imidazole rings is 1. The number of aryl methyl sites for hydroxylation is 2. The Morgan fingerprint density at radius 2 is 1.92 bits per heavy atom. The molecule has 0 spiro atoms. The fourth-order valence-electron chi connectivity index (χ4n) is 2.72. The molecular formula is C16H15N7O2. The van der Waals surface area contributed by atoms with E-state index in [1.807, 2.05) is 31.2 Å². The van der Waals surface area contributed by atoms with Gasteiger partial charge in [0.2, 0.25) is 0 Å². The van der Waals surface area contributed by atoms with E-state index in [9.17, 15) is 9.59 Å². The fraction of sp³-hybridized carbons (Fsp3) is 0.188. The third-order valence-electron chi connectivity index (χ3n) is 4.10. The van der Waals surface area contributed by atoms with E-state index < -0.39 is 11.2 Å². The van der Waals surface area contributed by atoms with Crippen molar-refractivity contribution >= 4 is 11.2 Å². The molecule has 126 valence electrons. The van der Waals surface area contributed by atoms with E-state index in [4.69, 9.17) is 0 Å². The van der Waals surface area contributed by atoms with Crippen LogP contribution < -0.4 is 11.2 Å². The van der Waals surface area contributed by atoms with Gasteiger partial charge in [-0.05, 0) is 24.6 Å². The summed E-state index contributed by atoms with van der Waals surface area (Å²) in [7, 11) is 3.00. The smallest absolute Gasteiger partial charge is 0.331 e. The second-order valence-electron chi connectivity index (χ2n) is 5.88. The van der Waals surface area contributed by atoms with E-state index in [0.717, 1.165) is 15.8 Å². The first-order valence-electron chi connectivity index (χ1n) is 7.61. The van der Waals surface area contributed by atoms with Gasteiger partial charge in [-0.25, -0.2) is 14.5 Å². The first kappa shape index (κ1) is 15.1. The van der Waals surface area contributed by atoms with Crippen molar-refractivity contribution in [1.29, 1.82) is 0 Å². The predicted octanol–water partition coefficient (Wildman–Crippen LogP) is 0.516. The highest BCUT2D eigenvalue weighted by molar-refractivity contribution is 5.74. The Balaban J connectivity index is 1.86. The molecule has 9 nitrogen and oxygen atoms in total. The van der Waals surface area contributed by atoms with Crippen molar-refractivity contribution < 1.29 is 0 Å². The molecule has 0 aliphatic heterocycles. The monoisotopic (exact) mass is 337 g/mol. The van der Waals surface area contributed by atoms with Gasteiger partial charge in [-0.2, -0.15) is 0 Å². The molecule has 1 N–H and O–H groups in total. The van der Waals surface area contributed by atoms with Crippen LogP contribution in [0.1, 0.15) is 5.56 Å². The van der Waals surface area contributed by atoms with Crippen molar-refractivity contribution in [2.75, 3.05) is 0 Å². The van der Waals surface area contributed by atoms with Gasteiger partial charge in [-0.1, -0.05) is 17.3 Å². The summed E-state index contributed by atoms with van der Waals surface area (Å²) in [5, 5.41) is 8.22. The molecule has 0 atom stereocenters. The summed E-state index contributed by atoms with van der Waals surface area (Å²) >= 11 is 0.